The predicted molar refractivity (Wildman–Crippen MR) is 97.2 cm³/mol. The summed E-state index contributed by atoms with van der Waals surface area (Å²) in [5, 5.41) is 4.37. The summed E-state index contributed by atoms with van der Waals surface area (Å²) in [4.78, 5) is 4.54. The summed E-state index contributed by atoms with van der Waals surface area (Å²) in [6, 6.07) is 8.57. The molecule has 0 aliphatic rings. The minimum atomic E-state index is -4.47. The van der Waals surface area contributed by atoms with Crippen molar-refractivity contribution in [1.29, 1.82) is 0 Å². The van der Waals surface area contributed by atoms with E-state index < -0.39 is 11.7 Å². The maximum atomic E-state index is 13.7. The van der Waals surface area contributed by atoms with Crippen LogP contribution < -0.4 is 0 Å². The van der Waals surface area contributed by atoms with Crippen LogP contribution in [0, 0.1) is 6.92 Å². The van der Waals surface area contributed by atoms with E-state index in [1.54, 1.807) is 11.6 Å². The van der Waals surface area contributed by atoms with E-state index in [0.717, 1.165) is 11.6 Å². The van der Waals surface area contributed by atoms with Gasteiger partial charge in [-0.3, -0.25) is 0 Å². The van der Waals surface area contributed by atoms with Crippen molar-refractivity contribution < 1.29 is 13.2 Å². The highest BCUT2D eigenvalue weighted by Gasteiger charge is 2.35. The van der Waals surface area contributed by atoms with Crippen LogP contribution in [0.2, 0.25) is 0 Å². The van der Waals surface area contributed by atoms with Gasteiger partial charge in [0.1, 0.15) is 0 Å². The van der Waals surface area contributed by atoms with Crippen molar-refractivity contribution in [3.05, 3.63) is 47.2 Å². The van der Waals surface area contributed by atoms with Crippen molar-refractivity contribution in [2.24, 2.45) is 0 Å². The van der Waals surface area contributed by atoms with E-state index in [2.05, 4.69) is 23.9 Å². The molecule has 6 heteroatoms. The molecule has 0 saturated heterocycles. The quantitative estimate of drug-likeness (QED) is 0.562. The Morgan fingerprint density at radius 1 is 1.00 bits per heavy atom. The van der Waals surface area contributed by atoms with Gasteiger partial charge in [0.05, 0.1) is 22.3 Å². The van der Waals surface area contributed by atoms with Crippen LogP contribution in [0.15, 0.2) is 30.3 Å². The number of pyridine rings is 1. The average Bonchev–Trinajstić information content (AvgIpc) is 2.90. The van der Waals surface area contributed by atoms with Crippen molar-refractivity contribution in [3.63, 3.8) is 0 Å². The number of alkyl halides is 3. The van der Waals surface area contributed by atoms with Crippen molar-refractivity contribution in [1.82, 2.24) is 14.8 Å². The smallest absolute Gasteiger partial charge is 0.244 e. The van der Waals surface area contributed by atoms with Gasteiger partial charge in [-0.05, 0) is 38.3 Å². The number of nitrogens with zero attached hydrogens (tertiary/aromatic N) is 3. The molecule has 0 saturated carbocycles. The number of aromatic nitrogens is 3. The summed E-state index contributed by atoms with van der Waals surface area (Å²) >= 11 is 0. The van der Waals surface area contributed by atoms with Gasteiger partial charge in [0.25, 0.3) is 0 Å². The highest BCUT2D eigenvalue weighted by Crippen LogP contribution is 2.38. The lowest BCUT2D eigenvalue weighted by Gasteiger charge is -2.13. The molecule has 0 bridgehead atoms. The Hall–Kier alpha value is -2.37. The third kappa shape index (κ3) is 3.20. The maximum Gasteiger partial charge on any atom is 0.417 e. The molecule has 26 heavy (non-hydrogen) atoms. The summed E-state index contributed by atoms with van der Waals surface area (Å²) < 4.78 is 42.7. The summed E-state index contributed by atoms with van der Waals surface area (Å²) in [5.41, 5.74) is 2.03. The second kappa shape index (κ2) is 6.41. The number of aryl methyl sites for hydroxylation is 1. The van der Waals surface area contributed by atoms with E-state index in [1.165, 1.54) is 0 Å². The van der Waals surface area contributed by atoms with E-state index in [1.807, 2.05) is 38.1 Å². The first-order valence-corrected chi connectivity index (χ1v) is 8.67. The normalized spacial score (nSPS) is 12.5. The molecule has 2 heterocycles. The lowest BCUT2D eigenvalue weighted by Crippen LogP contribution is -2.09. The Bertz CT molecular complexity index is 936. The Labute approximate surface area is 150 Å². The van der Waals surface area contributed by atoms with Crippen molar-refractivity contribution in [2.75, 3.05) is 0 Å². The fraction of sp³-hybridized carbons (Fsp3) is 0.400. The molecule has 0 aliphatic heterocycles. The first-order chi connectivity index (χ1) is 12.1. The Kier molecular flexibility index (Phi) is 4.54. The topological polar surface area (TPSA) is 30.7 Å². The van der Waals surface area contributed by atoms with Crippen LogP contribution in [0.25, 0.3) is 22.3 Å². The second-order valence-electron chi connectivity index (χ2n) is 7.15. The zero-order chi connectivity index (χ0) is 19.2. The van der Waals surface area contributed by atoms with Gasteiger partial charge in [-0.15, -0.1) is 0 Å². The monoisotopic (exact) mass is 361 g/mol. The Morgan fingerprint density at radius 3 is 2.12 bits per heavy atom. The molecule has 3 nitrogen and oxygen atoms in total. The number of hydrogen-bond donors (Lipinski definition) is 0. The molecule has 0 spiro atoms. The van der Waals surface area contributed by atoms with E-state index >= 15 is 0 Å². The van der Waals surface area contributed by atoms with Crippen LogP contribution in [-0.4, -0.2) is 14.8 Å². The third-order valence-electron chi connectivity index (χ3n) is 4.50. The number of benzene rings is 1. The van der Waals surface area contributed by atoms with E-state index in [0.29, 0.717) is 22.9 Å². The third-order valence-corrected chi connectivity index (χ3v) is 4.50. The summed E-state index contributed by atoms with van der Waals surface area (Å²) in [5.74, 6) is 0.357. The highest BCUT2D eigenvalue weighted by atomic mass is 19.4. The number of halogens is 3. The molecular weight excluding hydrogens is 339 g/mol. The Morgan fingerprint density at radius 2 is 1.62 bits per heavy atom. The molecule has 138 valence electrons. The standard InChI is InChI=1S/C20H22F3N3/c1-11(2)14-6-8-15(9-7-14)17-10-16(20(21,22)23)18-13(5)25-26(12(3)4)19(18)24-17/h6-12H,1-5H3. The van der Waals surface area contributed by atoms with Gasteiger partial charge < -0.3 is 0 Å². The SMILES string of the molecule is Cc1nn(C(C)C)c2nc(-c3ccc(C(C)C)cc3)cc(C(F)(F)F)c12. The van der Waals surface area contributed by atoms with Crippen LogP contribution >= 0.6 is 0 Å². The molecule has 3 aromatic rings. The fourth-order valence-corrected chi connectivity index (χ4v) is 3.08. The van der Waals surface area contributed by atoms with Gasteiger partial charge in [-0.1, -0.05) is 38.1 Å². The average molecular weight is 361 g/mol. The van der Waals surface area contributed by atoms with Crippen LogP contribution in [0.3, 0.4) is 0 Å². The number of rotatable bonds is 3. The molecular formula is C20H22F3N3. The molecule has 0 amide bonds. The zero-order valence-corrected chi connectivity index (χ0v) is 15.5. The van der Waals surface area contributed by atoms with E-state index in [4.69, 9.17) is 0 Å². The first-order valence-electron chi connectivity index (χ1n) is 8.67. The van der Waals surface area contributed by atoms with Crippen molar-refractivity contribution in [2.45, 2.75) is 52.8 Å². The number of fused-ring (bicyclic) bond motifs is 1. The number of hydrogen-bond acceptors (Lipinski definition) is 2. The van der Waals surface area contributed by atoms with Crippen LogP contribution in [0.5, 0.6) is 0 Å². The van der Waals surface area contributed by atoms with Gasteiger partial charge in [0, 0.05) is 11.6 Å². The largest absolute Gasteiger partial charge is 0.417 e. The summed E-state index contributed by atoms with van der Waals surface area (Å²) in [6.07, 6.45) is -4.47. The van der Waals surface area contributed by atoms with Crippen molar-refractivity contribution in [3.8, 4) is 11.3 Å². The molecule has 0 N–H and O–H groups in total. The fourth-order valence-electron chi connectivity index (χ4n) is 3.08. The lowest BCUT2D eigenvalue weighted by molar-refractivity contribution is -0.136. The van der Waals surface area contributed by atoms with Gasteiger partial charge in [-0.25, -0.2) is 9.67 Å². The summed E-state index contributed by atoms with van der Waals surface area (Å²) in [7, 11) is 0. The molecule has 3 rings (SSSR count). The van der Waals surface area contributed by atoms with Crippen molar-refractivity contribution >= 4 is 11.0 Å². The lowest BCUT2D eigenvalue weighted by atomic mass is 9.99. The highest BCUT2D eigenvalue weighted by molar-refractivity contribution is 5.85. The minimum Gasteiger partial charge on any atom is -0.244 e. The van der Waals surface area contributed by atoms with Gasteiger partial charge in [0.2, 0.25) is 0 Å². The summed E-state index contributed by atoms with van der Waals surface area (Å²) in [6.45, 7) is 9.50. The molecule has 1 aromatic carbocycles. The van der Waals surface area contributed by atoms with Gasteiger partial charge >= 0.3 is 6.18 Å². The molecule has 0 radical (unpaired) electrons. The van der Waals surface area contributed by atoms with Crippen LogP contribution in [-0.2, 0) is 6.18 Å². The maximum absolute atomic E-state index is 13.7. The van der Waals surface area contributed by atoms with Crippen LogP contribution in [0.1, 0.15) is 56.5 Å². The second-order valence-corrected chi connectivity index (χ2v) is 7.15. The predicted octanol–water partition coefficient (Wildman–Crippen LogP) is 6.13. The van der Waals surface area contributed by atoms with E-state index in [9.17, 15) is 13.2 Å². The van der Waals surface area contributed by atoms with Crippen LogP contribution in [0.4, 0.5) is 13.2 Å². The Balaban J connectivity index is 2.28. The molecule has 0 atom stereocenters. The van der Waals surface area contributed by atoms with Gasteiger partial charge in [-0.2, -0.15) is 18.3 Å². The zero-order valence-electron chi connectivity index (χ0n) is 15.5. The molecule has 0 fully saturated rings. The first kappa shape index (κ1) is 18.4. The molecule has 2 aromatic heterocycles. The molecule has 0 unspecified atom stereocenters. The van der Waals surface area contributed by atoms with E-state index in [-0.39, 0.29) is 17.1 Å². The minimum absolute atomic E-state index is 0.0775. The van der Waals surface area contributed by atoms with Gasteiger partial charge in [0.15, 0.2) is 5.65 Å². The molecule has 0 aliphatic carbocycles.